The van der Waals surface area contributed by atoms with Crippen molar-refractivity contribution in [2.24, 2.45) is 5.92 Å². The number of rotatable bonds is 7. The Hall–Kier alpha value is -1.51. The van der Waals surface area contributed by atoms with E-state index < -0.39 is 0 Å². The lowest BCUT2D eigenvalue weighted by atomic mass is 10.1. The van der Waals surface area contributed by atoms with Gasteiger partial charge in [0.15, 0.2) is 0 Å². The van der Waals surface area contributed by atoms with E-state index in [1.807, 2.05) is 31.2 Å². The first kappa shape index (κ1) is 14.6. The molecule has 1 aromatic rings. The molecular weight excluding hydrogens is 224 g/mol. The van der Waals surface area contributed by atoms with Crippen molar-refractivity contribution in [3.05, 3.63) is 29.8 Å². The molecule has 0 heterocycles. The van der Waals surface area contributed by atoms with Crippen LogP contribution in [0, 0.1) is 5.92 Å². The maximum absolute atomic E-state index is 11.4. The Kier molecular flexibility index (Phi) is 6.26. The molecule has 1 atom stereocenters. The molecule has 2 N–H and O–H groups in total. The second-order valence-corrected chi connectivity index (χ2v) is 4.72. The smallest absolute Gasteiger partial charge is 0.224 e. The van der Waals surface area contributed by atoms with Crippen molar-refractivity contribution in [2.75, 3.05) is 18.4 Å². The van der Waals surface area contributed by atoms with Crippen molar-refractivity contribution in [1.82, 2.24) is 5.32 Å². The Labute approximate surface area is 110 Å². The minimum absolute atomic E-state index is 0.0813. The fraction of sp³-hybridized carbons (Fsp3) is 0.533. The molecule has 18 heavy (non-hydrogen) atoms. The third-order valence-electron chi connectivity index (χ3n) is 3.04. The van der Waals surface area contributed by atoms with Crippen LogP contribution in [0.5, 0.6) is 0 Å². The zero-order chi connectivity index (χ0) is 13.4. The summed E-state index contributed by atoms with van der Waals surface area (Å²) in [6.07, 6.45) is 1.64. The fourth-order valence-corrected chi connectivity index (χ4v) is 1.62. The van der Waals surface area contributed by atoms with E-state index >= 15 is 0 Å². The van der Waals surface area contributed by atoms with Gasteiger partial charge in [-0.05, 0) is 30.5 Å². The molecule has 0 radical (unpaired) electrons. The lowest BCUT2D eigenvalue weighted by Gasteiger charge is -2.11. The second-order valence-electron chi connectivity index (χ2n) is 4.72. The van der Waals surface area contributed by atoms with Crippen LogP contribution >= 0.6 is 0 Å². The number of carbonyl (C=O) groups is 1. The van der Waals surface area contributed by atoms with Gasteiger partial charge in [0.05, 0.1) is 6.42 Å². The van der Waals surface area contributed by atoms with Gasteiger partial charge in [0, 0.05) is 18.8 Å². The lowest BCUT2D eigenvalue weighted by molar-refractivity contribution is -0.120. The van der Waals surface area contributed by atoms with Gasteiger partial charge in [-0.1, -0.05) is 32.4 Å². The molecule has 1 amide bonds. The van der Waals surface area contributed by atoms with E-state index in [1.165, 1.54) is 6.42 Å². The highest BCUT2D eigenvalue weighted by Crippen LogP contribution is 2.11. The highest BCUT2D eigenvalue weighted by Gasteiger charge is 2.02. The first-order valence-corrected chi connectivity index (χ1v) is 6.75. The molecule has 0 aliphatic carbocycles. The van der Waals surface area contributed by atoms with Gasteiger partial charge in [-0.15, -0.1) is 0 Å². The average molecular weight is 248 g/mol. The second kappa shape index (κ2) is 7.75. The van der Waals surface area contributed by atoms with Crippen LogP contribution in [0.15, 0.2) is 24.3 Å². The summed E-state index contributed by atoms with van der Waals surface area (Å²) < 4.78 is 0. The van der Waals surface area contributed by atoms with Crippen molar-refractivity contribution < 1.29 is 4.79 Å². The zero-order valence-electron chi connectivity index (χ0n) is 11.6. The number of nitrogens with one attached hydrogen (secondary N) is 2. The van der Waals surface area contributed by atoms with E-state index in [2.05, 4.69) is 24.5 Å². The van der Waals surface area contributed by atoms with Crippen molar-refractivity contribution >= 4 is 11.6 Å². The van der Waals surface area contributed by atoms with Gasteiger partial charge >= 0.3 is 0 Å². The van der Waals surface area contributed by atoms with Crippen molar-refractivity contribution in [3.8, 4) is 0 Å². The summed E-state index contributed by atoms with van der Waals surface area (Å²) in [5.41, 5.74) is 2.17. The monoisotopic (exact) mass is 248 g/mol. The Bertz CT molecular complexity index is 359. The molecule has 100 valence electrons. The number of hydrogen-bond acceptors (Lipinski definition) is 2. The number of benzene rings is 1. The molecule has 0 spiro atoms. The Morgan fingerprint density at radius 3 is 2.44 bits per heavy atom. The summed E-state index contributed by atoms with van der Waals surface area (Å²) >= 11 is 0. The van der Waals surface area contributed by atoms with Gasteiger partial charge in [-0.2, -0.15) is 0 Å². The van der Waals surface area contributed by atoms with Crippen LogP contribution in [-0.2, 0) is 11.2 Å². The molecule has 3 nitrogen and oxygen atoms in total. The first-order valence-electron chi connectivity index (χ1n) is 6.75. The van der Waals surface area contributed by atoms with Gasteiger partial charge in [0.1, 0.15) is 0 Å². The minimum atomic E-state index is 0.0813. The van der Waals surface area contributed by atoms with Crippen LogP contribution in [0.3, 0.4) is 0 Å². The van der Waals surface area contributed by atoms with Gasteiger partial charge in [0.2, 0.25) is 5.91 Å². The normalized spacial score (nSPS) is 11.9. The topological polar surface area (TPSA) is 41.1 Å². The number of amides is 1. The third-order valence-corrected chi connectivity index (χ3v) is 3.04. The molecule has 0 bridgehead atoms. The van der Waals surface area contributed by atoms with Gasteiger partial charge in [-0.3, -0.25) is 4.79 Å². The summed E-state index contributed by atoms with van der Waals surface area (Å²) in [6, 6.07) is 8.09. The first-order chi connectivity index (χ1) is 8.65. The van der Waals surface area contributed by atoms with E-state index in [9.17, 15) is 4.79 Å². The highest BCUT2D eigenvalue weighted by molar-refractivity contribution is 5.78. The summed E-state index contributed by atoms with van der Waals surface area (Å²) in [5, 5.41) is 6.20. The third kappa shape index (κ3) is 5.21. The summed E-state index contributed by atoms with van der Waals surface area (Å²) in [5.74, 6) is 0.762. The minimum Gasteiger partial charge on any atom is -0.385 e. The predicted molar refractivity (Wildman–Crippen MR) is 76.8 cm³/mol. The van der Waals surface area contributed by atoms with Gasteiger partial charge in [0.25, 0.3) is 0 Å². The number of anilines is 1. The fourth-order valence-electron chi connectivity index (χ4n) is 1.62. The molecule has 0 aliphatic rings. The molecule has 1 rings (SSSR count). The molecule has 1 unspecified atom stereocenters. The van der Waals surface area contributed by atoms with E-state index in [0.717, 1.165) is 17.8 Å². The van der Waals surface area contributed by atoms with E-state index in [0.29, 0.717) is 18.9 Å². The Morgan fingerprint density at radius 2 is 1.89 bits per heavy atom. The molecule has 3 heteroatoms. The zero-order valence-corrected chi connectivity index (χ0v) is 11.6. The van der Waals surface area contributed by atoms with Crippen molar-refractivity contribution in [1.29, 1.82) is 0 Å². The molecule has 1 aromatic carbocycles. The molecule has 0 saturated carbocycles. The summed E-state index contributed by atoms with van der Waals surface area (Å²) in [4.78, 5) is 11.4. The number of carbonyl (C=O) groups excluding carboxylic acids is 1. The van der Waals surface area contributed by atoms with Crippen LogP contribution in [0.4, 0.5) is 5.69 Å². The molecule has 0 aromatic heterocycles. The van der Waals surface area contributed by atoms with Crippen molar-refractivity contribution in [2.45, 2.75) is 33.6 Å². The lowest BCUT2D eigenvalue weighted by Crippen LogP contribution is -2.24. The van der Waals surface area contributed by atoms with Crippen LogP contribution in [0.1, 0.15) is 32.8 Å². The number of likely N-dealkylation sites (N-methyl/N-ethyl adjacent to an activating group) is 1. The highest BCUT2D eigenvalue weighted by atomic mass is 16.1. The van der Waals surface area contributed by atoms with Crippen LogP contribution in [-0.4, -0.2) is 19.0 Å². The molecule has 0 saturated heterocycles. The van der Waals surface area contributed by atoms with Gasteiger partial charge in [-0.25, -0.2) is 0 Å². The largest absolute Gasteiger partial charge is 0.385 e. The van der Waals surface area contributed by atoms with E-state index in [4.69, 9.17) is 0 Å². The maximum atomic E-state index is 11.4. The van der Waals surface area contributed by atoms with Crippen molar-refractivity contribution in [3.63, 3.8) is 0 Å². The van der Waals surface area contributed by atoms with E-state index in [-0.39, 0.29) is 5.91 Å². The SMILES string of the molecule is CCNC(=O)Cc1ccc(NCC(C)CC)cc1. The maximum Gasteiger partial charge on any atom is 0.224 e. The van der Waals surface area contributed by atoms with Gasteiger partial charge < -0.3 is 10.6 Å². The molecule has 0 aliphatic heterocycles. The average Bonchev–Trinajstić information content (AvgIpc) is 2.37. The van der Waals surface area contributed by atoms with Crippen LogP contribution in [0.2, 0.25) is 0 Å². The number of hydrogen-bond donors (Lipinski definition) is 2. The van der Waals surface area contributed by atoms with Crippen LogP contribution in [0.25, 0.3) is 0 Å². The summed E-state index contributed by atoms with van der Waals surface area (Å²) in [7, 11) is 0. The molecule has 0 fully saturated rings. The Balaban J connectivity index is 2.44. The summed E-state index contributed by atoms with van der Waals surface area (Å²) in [6.45, 7) is 8.04. The van der Waals surface area contributed by atoms with Crippen LogP contribution < -0.4 is 10.6 Å². The Morgan fingerprint density at radius 1 is 1.22 bits per heavy atom. The predicted octanol–water partition coefficient (Wildman–Crippen LogP) is 2.82. The molecular formula is C15H24N2O. The van der Waals surface area contributed by atoms with E-state index in [1.54, 1.807) is 0 Å². The quantitative estimate of drug-likeness (QED) is 0.779. The standard InChI is InChI=1S/C15H24N2O/c1-4-12(3)11-17-14-8-6-13(7-9-14)10-15(18)16-5-2/h6-9,12,17H,4-5,10-11H2,1-3H3,(H,16,18).